The number of amides is 1. The van der Waals surface area contributed by atoms with Crippen LogP contribution in [0.3, 0.4) is 0 Å². The summed E-state index contributed by atoms with van der Waals surface area (Å²) in [5.74, 6) is 0.00801. The third kappa shape index (κ3) is 3.19. The molecule has 108 valence electrons. The second kappa shape index (κ2) is 6.19. The number of para-hydroxylation sites is 1. The fraction of sp³-hybridized carbons (Fsp3) is 0.235. The Morgan fingerprint density at radius 1 is 1.19 bits per heavy atom. The van der Waals surface area contributed by atoms with Crippen LogP contribution in [0.4, 0.5) is 5.69 Å². The highest BCUT2D eigenvalue weighted by Crippen LogP contribution is 2.31. The zero-order valence-electron chi connectivity index (χ0n) is 11.6. The van der Waals surface area contributed by atoms with Gasteiger partial charge >= 0.3 is 0 Å². The molecule has 3 rings (SSSR count). The van der Waals surface area contributed by atoms with E-state index in [1.165, 1.54) is 0 Å². The van der Waals surface area contributed by atoms with Gasteiger partial charge in [-0.2, -0.15) is 0 Å². The summed E-state index contributed by atoms with van der Waals surface area (Å²) in [5, 5.41) is 7.06. The van der Waals surface area contributed by atoms with E-state index < -0.39 is 0 Å². The lowest BCUT2D eigenvalue weighted by atomic mass is 9.90. The summed E-state index contributed by atoms with van der Waals surface area (Å²) in [4.78, 5) is 12.4. The lowest BCUT2D eigenvalue weighted by molar-refractivity contribution is -0.122. The highest BCUT2D eigenvalue weighted by molar-refractivity contribution is 6.30. The van der Waals surface area contributed by atoms with Crippen molar-refractivity contribution in [1.82, 2.24) is 5.32 Å². The average Bonchev–Trinajstić information content (AvgIpc) is 2.53. The molecule has 21 heavy (non-hydrogen) atoms. The van der Waals surface area contributed by atoms with Gasteiger partial charge in [0.15, 0.2) is 0 Å². The minimum Gasteiger partial charge on any atom is -0.385 e. The maximum atomic E-state index is 12.4. The molecule has 0 spiro atoms. The van der Waals surface area contributed by atoms with Crippen molar-refractivity contribution in [1.29, 1.82) is 0 Å². The van der Waals surface area contributed by atoms with Crippen LogP contribution in [0.25, 0.3) is 0 Å². The van der Waals surface area contributed by atoms with E-state index in [-0.39, 0.29) is 11.8 Å². The molecular formula is C17H17ClN2O. The molecule has 1 atom stereocenters. The first-order chi connectivity index (χ1) is 10.2. The topological polar surface area (TPSA) is 41.1 Å². The molecule has 1 amide bonds. The quantitative estimate of drug-likeness (QED) is 0.910. The van der Waals surface area contributed by atoms with Crippen molar-refractivity contribution in [3.05, 3.63) is 64.7 Å². The normalized spacial score (nSPS) is 16.7. The second-order valence-electron chi connectivity index (χ2n) is 5.20. The van der Waals surface area contributed by atoms with Crippen molar-refractivity contribution in [3.63, 3.8) is 0 Å². The summed E-state index contributed by atoms with van der Waals surface area (Å²) in [5.41, 5.74) is 3.20. The molecule has 2 N–H and O–H groups in total. The van der Waals surface area contributed by atoms with E-state index in [0.717, 1.165) is 29.8 Å². The zero-order chi connectivity index (χ0) is 14.7. The average molecular weight is 301 g/mol. The van der Waals surface area contributed by atoms with Gasteiger partial charge in [-0.05, 0) is 35.7 Å². The predicted octanol–water partition coefficient (Wildman–Crippen LogP) is 3.56. The Balaban J connectivity index is 1.68. The smallest absolute Gasteiger partial charge is 0.227 e. The standard InChI is InChI=1S/C17H17ClN2O/c18-13-7-5-12(6-8-13)11-20-17(21)15-9-10-19-16-4-2-1-3-14(15)16/h1-8,15,19H,9-11H2,(H,20,21). The van der Waals surface area contributed by atoms with Crippen LogP contribution in [0.1, 0.15) is 23.5 Å². The number of nitrogens with one attached hydrogen (secondary N) is 2. The van der Waals surface area contributed by atoms with E-state index in [0.29, 0.717) is 11.6 Å². The van der Waals surface area contributed by atoms with Gasteiger partial charge in [-0.1, -0.05) is 41.9 Å². The molecule has 0 bridgehead atoms. The third-order valence-corrected chi connectivity index (χ3v) is 4.03. The zero-order valence-corrected chi connectivity index (χ0v) is 12.4. The summed E-state index contributed by atoms with van der Waals surface area (Å²) < 4.78 is 0. The van der Waals surface area contributed by atoms with Crippen molar-refractivity contribution in [2.75, 3.05) is 11.9 Å². The van der Waals surface area contributed by atoms with Gasteiger partial charge in [0.25, 0.3) is 0 Å². The van der Waals surface area contributed by atoms with Gasteiger partial charge in [-0.25, -0.2) is 0 Å². The van der Waals surface area contributed by atoms with E-state index in [4.69, 9.17) is 11.6 Å². The molecule has 0 aromatic heterocycles. The van der Waals surface area contributed by atoms with Crippen LogP contribution in [0.5, 0.6) is 0 Å². The van der Waals surface area contributed by atoms with Gasteiger partial charge in [0.2, 0.25) is 5.91 Å². The molecule has 0 fully saturated rings. The summed E-state index contributed by atoms with van der Waals surface area (Å²) in [6, 6.07) is 15.5. The van der Waals surface area contributed by atoms with Gasteiger partial charge in [0.05, 0.1) is 5.92 Å². The van der Waals surface area contributed by atoms with Gasteiger partial charge in [-0.15, -0.1) is 0 Å². The SMILES string of the molecule is O=C(NCc1ccc(Cl)cc1)C1CCNc2ccccc21. The molecule has 0 saturated heterocycles. The van der Waals surface area contributed by atoms with Crippen molar-refractivity contribution in [2.45, 2.75) is 18.9 Å². The predicted molar refractivity (Wildman–Crippen MR) is 85.6 cm³/mol. The van der Waals surface area contributed by atoms with Crippen LogP contribution in [0, 0.1) is 0 Å². The van der Waals surface area contributed by atoms with Gasteiger partial charge in [0.1, 0.15) is 0 Å². The monoisotopic (exact) mass is 300 g/mol. The number of anilines is 1. The molecule has 1 unspecified atom stereocenters. The fourth-order valence-corrected chi connectivity index (χ4v) is 2.78. The second-order valence-corrected chi connectivity index (χ2v) is 5.64. The van der Waals surface area contributed by atoms with E-state index in [9.17, 15) is 4.79 Å². The first kappa shape index (κ1) is 14.0. The Morgan fingerprint density at radius 2 is 1.95 bits per heavy atom. The number of fused-ring (bicyclic) bond motifs is 1. The van der Waals surface area contributed by atoms with Crippen LogP contribution in [0.2, 0.25) is 5.02 Å². The van der Waals surface area contributed by atoms with E-state index >= 15 is 0 Å². The molecule has 3 nitrogen and oxygen atoms in total. The molecule has 1 aliphatic heterocycles. The molecule has 2 aromatic rings. The highest BCUT2D eigenvalue weighted by Gasteiger charge is 2.25. The lowest BCUT2D eigenvalue weighted by Crippen LogP contribution is -2.32. The molecule has 1 aliphatic rings. The molecule has 4 heteroatoms. The number of hydrogen-bond donors (Lipinski definition) is 2. The van der Waals surface area contributed by atoms with Crippen LogP contribution < -0.4 is 10.6 Å². The summed E-state index contributed by atoms with van der Waals surface area (Å²) in [6.45, 7) is 1.36. The van der Waals surface area contributed by atoms with E-state index in [1.54, 1.807) is 0 Å². The Morgan fingerprint density at radius 3 is 2.76 bits per heavy atom. The Hall–Kier alpha value is -2.00. The van der Waals surface area contributed by atoms with Crippen molar-refractivity contribution >= 4 is 23.2 Å². The van der Waals surface area contributed by atoms with E-state index in [2.05, 4.69) is 10.6 Å². The number of benzene rings is 2. The maximum absolute atomic E-state index is 12.4. The molecule has 1 heterocycles. The Kier molecular flexibility index (Phi) is 4.11. The Labute approximate surface area is 129 Å². The fourth-order valence-electron chi connectivity index (χ4n) is 2.66. The Bertz CT molecular complexity index is 639. The van der Waals surface area contributed by atoms with Gasteiger partial charge in [-0.3, -0.25) is 4.79 Å². The molecule has 2 aromatic carbocycles. The summed E-state index contributed by atoms with van der Waals surface area (Å²) in [6.07, 6.45) is 0.823. The number of carbonyl (C=O) groups excluding carboxylic acids is 1. The molecule has 0 saturated carbocycles. The van der Waals surface area contributed by atoms with Crippen LogP contribution >= 0.6 is 11.6 Å². The van der Waals surface area contributed by atoms with Crippen LogP contribution in [0.15, 0.2) is 48.5 Å². The van der Waals surface area contributed by atoms with Gasteiger partial charge in [0, 0.05) is 23.8 Å². The van der Waals surface area contributed by atoms with Gasteiger partial charge < -0.3 is 10.6 Å². The maximum Gasteiger partial charge on any atom is 0.227 e. The number of hydrogen-bond acceptors (Lipinski definition) is 2. The van der Waals surface area contributed by atoms with Crippen LogP contribution in [-0.2, 0) is 11.3 Å². The van der Waals surface area contributed by atoms with Crippen molar-refractivity contribution in [2.24, 2.45) is 0 Å². The van der Waals surface area contributed by atoms with Crippen molar-refractivity contribution in [3.8, 4) is 0 Å². The first-order valence-electron chi connectivity index (χ1n) is 7.09. The van der Waals surface area contributed by atoms with Crippen LogP contribution in [-0.4, -0.2) is 12.5 Å². The number of rotatable bonds is 3. The third-order valence-electron chi connectivity index (χ3n) is 3.78. The summed E-state index contributed by atoms with van der Waals surface area (Å²) in [7, 11) is 0. The number of halogens is 1. The summed E-state index contributed by atoms with van der Waals surface area (Å²) >= 11 is 5.86. The largest absolute Gasteiger partial charge is 0.385 e. The van der Waals surface area contributed by atoms with Crippen molar-refractivity contribution < 1.29 is 4.79 Å². The number of carbonyl (C=O) groups is 1. The lowest BCUT2D eigenvalue weighted by Gasteiger charge is -2.25. The molecule has 0 aliphatic carbocycles. The first-order valence-corrected chi connectivity index (χ1v) is 7.47. The highest BCUT2D eigenvalue weighted by atomic mass is 35.5. The van der Waals surface area contributed by atoms with E-state index in [1.807, 2.05) is 48.5 Å². The molecular weight excluding hydrogens is 284 g/mol. The minimum atomic E-state index is -0.0743. The minimum absolute atomic E-state index is 0.0743. The molecule has 0 radical (unpaired) electrons.